The number of fused-ring (bicyclic) bond motifs is 6. The van der Waals surface area contributed by atoms with Crippen LogP contribution in [-0.2, 0) is 22.6 Å². The molecule has 8 nitrogen and oxygen atoms in total. The summed E-state index contributed by atoms with van der Waals surface area (Å²) in [6.45, 7) is 5.24. The van der Waals surface area contributed by atoms with Crippen molar-refractivity contribution in [2.75, 3.05) is 27.4 Å². The number of methoxy groups -OCH3 is 2. The maximum atomic E-state index is 13.4. The number of hydrogen-bond donors (Lipinski definition) is 0. The number of halogens is 2. The number of carbonyl (C=O) groups is 2. The van der Waals surface area contributed by atoms with E-state index in [1.807, 2.05) is 107 Å². The Morgan fingerprint density at radius 3 is 1.50 bits per heavy atom. The topological polar surface area (TPSA) is 80.9 Å². The van der Waals surface area contributed by atoms with Crippen molar-refractivity contribution in [3.05, 3.63) is 178 Å². The van der Waals surface area contributed by atoms with Crippen molar-refractivity contribution in [1.29, 1.82) is 0 Å². The van der Waals surface area contributed by atoms with E-state index in [0.717, 1.165) is 75.8 Å². The fraction of sp³-hybridized carbons (Fsp3) is 0.154. The quantitative estimate of drug-likeness (QED) is 0.120. The van der Waals surface area contributed by atoms with Crippen LogP contribution in [0.1, 0.15) is 46.0 Å². The van der Waals surface area contributed by atoms with Crippen LogP contribution < -0.4 is 9.47 Å². The van der Waals surface area contributed by atoms with Gasteiger partial charge in [-0.2, -0.15) is 0 Å². The number of hydrogen-bond acceptors (Lipinski definition) is 6. The Balaban J connectivity index is 0.000000174. The Morgan fingerprint density at radius 1 is 0.532 bits per heavy atom. The zero-order valence-corrected chi connectivity index (χ0v) is 36.4. The molecule has 10 heteroatoms. The van der Waals surface area contributed by atoms with E-state index in [0.29, 0.717) is 36.8 Å². The molecule has 7 aromatic carbocycles. The number of carbonyl (C=O) groups excluding carboxylic acids is 2. The van der Waals surface area contributed by atoms with Crippen LogP contribution in [-0.4, -0.2) is 48.5 Å². The summed E-state index contributed by atoms with van der Waals surface area (Å²) in [6, 6.07) is 46.5. The lowest BCUT2D eigenvalue weighted by Crippen LogP contribution is -2.13. The Kier molecular flexibility index (Phi) is 12.4. The van der Waals surface area contributed by atoms with Gasteiger partial charge in [-0.3, -0.25) is 0 Å². The molecule has 9 rings (SSSR count). The first-order chi connectivity index (χ1) is 30.2. The van der Waals surface area contributed by atoms with E-state index >= 15 is 0 Å². The molecule has 0 aliphatic carbocycles. The second-order valence-corrected chi connectivity index (χ2v) is 15.5. The van der Waals surface area contributed by atoms with Gasteiger partial charge < -0.3 is 28.1 Å². The van der Waals surface area contributed by atoms with E-state index in [1.165, 1.54) is 12.1 Å². The Bertz CT molecular complexity index is 3100. The molecule has 2 aromatic heterocycles. The maximum Gasteiger partial charge on any atom is 0.354 e. The molecule has 0 N–H and O–H groups in total. The molecule has 0 unspecified atom stereocenters. The van der Waals surface area contributed by atoms with Crippen molar-refractivity contribution in [2.24, 2.45) is 0 Å². The molecule has 0 amide bonds. The Hall–Kier alpha value is -6.91. The van der Waals surface area contributed by atoms with Crippen molar-refractivity contribution in [2.45, 2.75) is 26.9 Å². The van der Waals surface area contributed by atoms with Crippen molar-refractivity contribution in [3.63, 3.8) is 0 Å². The Morgan fingerprint density at radius 2 is 1.02 bits per heavy atom. The van der Waals surface area contributed by atoms with Crippen LogP contribution in [0.2, 0.25) is 0 Å². The zero-order valence-electron chi connectivity index (χ0n) is 34.8. The van der Waals surface area contributed by atoms with Gasteiger partial charge >= 0.3 is 11.9 Å². The largest absolute Gasteiger partial charge is 0.496 e. The van der Waals surface area contributed by atoms with E-state index in [-0.39, 0.29) is 24.4 Å². The molecular formula is C52H44BrFN2O6. The van der Waals surface area contributed by atoms with E-state index in [9.17, 15) is 14.0 Å². The van der Waals surface area contributed by atoms with Crippen molar-refractivity contribution < 1.29 is 32.9 Å². The lowest BCUT2D eigenvalue weighted by molar-refractivity contribution is 0.0505. The minimum absolute atomic E-state index is 0.265. The standard InChI is InChI=1S/C29H24FNO3.C23H20BrNO3/c1-3-34-29(32)26-17-25-27(33-2)16-22-8-4-5-10-24(22)28(25)31(26)18-19-7-6-9-21(15-19)20-11-13-23(30)14-12-20;1-3-28-23(26)20-13-19-21(27-2)12-16-8-4-5-10-18(16)22(19)25(20)14-15-7-6-9-17(24)11-15/h4-17H,3,18H2,1-2H3;4-13H,3,14H2,1-2H3. The minimum atomic E-state index is -0.375. The third-order valence-electron chi connectivity index (χ3n) is 10.8. The third-order valence-corrected chi connectivity index (χ3v) is 11.3. The molecular weight excluding hydrogens is 847 g/mol. The minimum Gasteiger partial charge on any atom is -0.496 e. The third kappa shape index (κ3) is 8.38. The van der Waals surface area contributed by atoms with Gasteiger partial charge in [0.1, 0.15) is 28.7 Å². The van der Waals surface area contributed by atoms with Gasteiger partial charge in [0.05, 0.1) is 38.5 Å². The molecule has 9 aromatic rings. The Labute approximate surface area is 367 Å². The highest BCUT2D eigenvalue weighted by atomic mass is 79.9. The molecule has 0 aliphatic heterocycles. The van der Waals surface area contributed by atoms with E-state index in [4.69, 9.17) is 18.9 Å². The highest BCUT2D eigenvalue weighted by Gasteiger charge is 2.23. The van der Waals surface area contributed by atoms with Gasteiger partial charge in [-0.1, -0.05) is 107 Å². The predicted octanol–water partition coefficient (Wildman–Crippen LogP) is 12.6. The maximum absolute atomic E-state index is 13.4. The van der Waals surface area contributed by atoms with Crippen LogP contribution in [0.4, 0.5) is 4.39 Å². The van der Waals surface area contributed by atoms with Gasteiger partial charge in [0, 0.05) is 39.1 Å². The second kappa shape index (κ2) is 18.4. The van der Waals surface area contributed by atoms with Crippen molar-refractivity contribution in [3.8, 4) is 22.6 Å². The van der Waals surface area contributed by atoms with Crippen LogP contribution in [0.25, 0.3) is 54.5 Å². The molecule has 62 heavy (non-hydrogen) atoms. The number of rotatable bonds is 11. The molecule has 0 radical (unpaired) electrons. The highest BCUT2D eigenvalue weighted by Crippen LogP contribution is 2.38. The molecule has 2 heterocycles. The average Bonchev–Trinajstić information content (AvgIpc) is 3.86. The van der Waals surface area contributed by atoms with Crippen LogP contribution >= 0.6 is 15.9 Å². The lowest BCUT2D eigenvalue weighted by atomic mass is 10.0. The fourth-order valence-corrected chi connectivity index (χ4v) is 8.52. The molecule has 0 bridgehead atoms. The van der Waals surface area contributed by atoms with Gasteiger partial charge in [0.2, 0.25) is 0 Å². The van der Waals surface area contributed by atoms with E-state index in [2.05, 4.69) is 46.3 Å². The van der Waals surface area contributed by atoms with Gasteiger partial charge in [0.25, 0.3) is 0 Å². The summed E-state index contributed by atoms with van der Waals surface area (Å²) in [6.07, 6.45) is 0. The first-order valence-electron chi connectivity index (χ1n) is 20.3. The second-order valence-electron chi connectivity index (χ2n) is 14.6. The summed E-state index contributed by atoms with van der Waals surface area (Å²) >= 11 is 3.53. The monoisotopic (exact) mass is 890 g/mol. The van der Waals surface area contributed by atoms with Crippen LogP contribution in [0, 0.1) is 5.82 Å². The first kappa shape index (κ1) is 41.8. The lowest BCUT2D eigenvalue weighted by Gasteiger charge is -2.14. The van der Waals surface area contributed by atoms with Gasteiger partial charge in [-0.15, -0.1) is 0 Å². The van der Waals surface area contributed by atoms with Crippen LogP contribution in [0.15, 0.2) is 150 Å². The van der Waals surface area contributed by atoms with Crippen molar-refractivity contribution >= 4 is 71.2 Å². The number of ether oxygens (including phenoxy) is 4. The SMILES string of the molecule is CCOC(=O)c1cc2c(OC)cc3ccccc3c2n1Cc1cccc(-c2ccc(F)cc2)c1.CCOC(=O)c1cc2c(OC)cc3ccccc3c2n1Cc1cccc(Br)c1. The highest BCUT2D eigenvalue weighted by molar-refractivity contribution is 9.10. The molecule has 312 valence electrons. The van der Waals surface area contributed by atoms with Crippen LogP contribution in [0.3, 0.4) is 0 Å². The van der Waals surface area contributed by atoms with Gasteiger partial charge in [-0.05, 0) is 101 Å². The van der Waals surface area contributed by atoms with E-state index in [1.54, 1.807) is 33.3 Å². The number of benzene rings is 7. The summed E-state index contributed by atoms with van der Waals surface area (Å²) in [7, 11) is 3.29. The number of aromatic nitrogens is 2. The summed E-state index contributed by atoms with van der Waals surface area (Å²) in [5, 5.41) is 5.96. The molecule has 0 saturated carbocycles. The van der Waals surface area contributed by atoms with Crippen LogP contribution in [0.5, 0.6) is 11.5 Å². The smallest absolute Gasteiger partial charge is 0.354 e. The molecule has 0 fully saturated rings. The molecule has 0 spiro atoms. The van der Waals surface area contributed by atoms with E-state index < -0.39 is 0 Å². The summed E-state index contributed by atoms with van der Waals surface area (Å²) in [5.41, 5.74) is 6.89. The zero-order chi connectivity index (χ0) is 43.3. The number of nitrogens with zero attached hydrogens (tertiary/aromatic N) is 2. The average molecular weight is 892 g/mol. The molecule has 0 aliphatic rings. The molecule has 0 saturated heterocycles. The summed E-state index contributed by atoms with van der Waals surface area (Å²) in [4.78, 5) is 25.7. The van der Waals surface area contributed by atoms with Gasteiger partial charge in [-0.25, -0.2) is 14.0 Å². The first-order valence-corrected chi connectivity index (χ1v) is 21.1. The molecule has 0 atom stereocenters. The number of esters is 2. The van der Waals surface area contributed by atoms with Crippen molar-refractivity contribution in [1.82, 2.24) is 9.13 Å². The fourth-order valence-electron chi connectivity index (χ4n) is 8.08. The summed E-state index contributed by atoms with van der Waals surface area (Å²) < 4.78 is 40.5. The normalized spacial score (nSPS) is 11.1. The summed E-state index contributed by atoms with van der Waals surface area (Å²) in [5.74, 6) is 0.475. The predicted molar refractivity (Wildman–Crippen MR) is 248 cm³/mol. The van der Waals surface area contributed by atoms with Gasteiger partial charge in [0.15, 0.2) is 0 Å².